The summed E-state index contributed by atoms with van der Waals surface area (Å²) in [6.45, 7) is 8.61. The van der Waals surface area contributed by atoms with Gasteiger partial charge >= 0.3 is 6.09 Å². The molecule has 1 aliphatic rings. The molecule has 0 aliphatic carbocycles. The average Bonchev–Trinajstić information content (AvgIpc) is 2.32. The van der Waals surface area contributed by atoms with Crippen LogP contribution >= 0.6 is 15.9 Å². The molecule has 1 aliphatic heterocycles. The number of carbonyl (C=O) groups is 1. The van der Waals surface area contributed by atoms with Crippen molar-refractivity contribution in [3.63, 3.8) is 0 Å². The Kier molecular flexibility index (Phi) is 4.11. The topological polar surface area (TPSA) is 63.7 Å². The first kappa shape index (κ1) is 17.3. The zero-order valence-electron chi connectivity index (χ0n) is 13.3. The molecular formula is C15H20BrNO4S. The normalized spacial score (nSPS) is 19.5. The van der Waals surface area contributed by atoms with Crippen LogP contribution in [-0.4, -0.2) is 31.4 Å². The lowest BCUT2D eigenvalue weighted by Crippen LogP contribution is -2.52. The molecule has 0 fully saturated rings. The fourth-order valence-corrected chi connectivity index (χ4v) is 4.40. The largest absolute Gasteiger partial charge is 0.443 e. The predicted molar refractivity (Wildman–Crippen MR) is 89.0 cm³/mol. The number of hydrogen-bond acceptors (Lipinski definition) is 4. The van der Waals surface area contributed by atoms with E-state index in [0.717, 1.165) is 0 Å². The summed E-state index contributed by atoms with van der Waals surface area (Å²) in [4.78, 5) is 14.0. The maximum Gasteiger partial charge on any atom is 0.414 e. The van der Waals surface area contributed by atoms with Crippen LogP contribution in [0.3, 0.4) is 0 Å². The third-order valence-corrected chi connectivity index (χ3v) is 6.37. The molecule has 2 rings (SSSR count). The van der Waals surface area contributed by atoms with Gasteiger partial charge in [0.25, 0.3) is 0 Å². The average molecular weight is 390 g/mol. The summed E-state index contributed by atoms with van der Waals surface area (Å²) in [5, 5.41) is 0. The molecule has 0 saturated heterocycles. The maximum atomic E-state index is 12.7. The van der Waals surface area contributed by atoms with Crippen LogP contribution in [-0.2, 0) is 14.6 Å². The summed E-state index contributed by atoms with van der Waals surface area (Å²) < 4.78 is 30.4. The van der Waals surface area contributed by atoms with E-state index in [0.29, 0.717) is 10.2 Å². The van der Waals surface area contributed by atoms with Crippen LogP contribution in [0, 0.1) is 0 Å². The number of benzene rings is 1. The Morgan fingerprint density at radius 3 is 2.45 bits per heavy atom. The van der Waals surface area contributed by atoms with Gasteiger partial charge in [0.1, 0.15) is 5.60 Å². The molecule has 0 saturated carbocycles. The van der Waals surface area contributed by atoms with Crippen LogP contribution in [0.4, 0.5) is 10.5 Å². The molecule has 0 aromatic heterocycles. The molecule has 0 N–H and O–H groups in total. The van der Waals surface area contributed by atoms with Crippen molar-refractivity contribution in [1.82, 2.24) is 0 Å². The number of fused-ring (bicyclic) bond motifs is 1. The molecule has 0 radical (unpaired) electrons. The van der Waals surface area contributed by atoms with Gasteiger partial charge in [-0.15, -0.1) is 0 Å². The Balaban J connectivity index is 2.58. The third kappa shape index (κ3) is 3.01. The van der Waals surface area contributed by atoms with Crippen molar-refractivity contribution >= 4 is 37.5 Å². The minimum atomic E-state index is -3.53. The molecule has 0 atom stereocenters. The molecule has 5 nitrogen and oxygen atoms in total. The molecule has 1 aromatic rings. The fourth-order valence-electron chi connectivity index (χ4n) is 2.25. The summed E-state index contributed by atoms with van der Waals surface area (Å²) in [6, 6.07) is 4.86. The Morgan fingerprint density at radius 2 is 1.91 bits per heavy atom. The molecule has 22 heavy (non-hydrogen) atoms. The zero-order valence-corrected chi connectivity index (χ0v) is 15.7. The SMILES string of the molecule is CC(C)(C)OC(=O)N1CC(C)(C)S(=O)(=O)c2cc(Br)ccc21. The minimum absolute atomic E-state index is 0.0544. The van der Waals surface area contributed by atoms with Gasteiger partial charge in [-0.2, -0.15) is 0 Å². The Bertz CT molecular complexity index is 720. The van der Waals surface area contributed by atoms with Crippen molar-refractivity contribution in [2.75, 3.05) is 11.4 Å². The summed E-state index contributed by atoms with van der Waals surface area (Å²) in [6.07, 6.45) is -0.543. The highest BCUT2D eigenvalue weighted by atomic mass is 79.9. The van der Waals surface area contributed by atoms with Crippen LogP contribution in [0.15, 0.2) is 27.6 Å². The van der Waals surface area contributed by atoms with Crippen LogP contribution in [0.5, 0.6) is 0 Å². The fraction of sp³-hybridized carbons (Fsp3) is 0.533. The lowest BCUT2D eigenvalue weighted by molar-refractivity contribution is 0.0575. The first-order valence-corrected chi connectivity index (χ1v) is 9.17. The van der Waals surface area contributed by atoms with Crippen LogP contribution in [0.25, 0.3) is 0 Å². The van der Waals surface area contributed by atoms with Crippen molar-refractivity contribution in [1.29, 1.82) is 0 Å². The molecular weight excluding hydrogens is 370 g/mol. The van der Waals surface area contributed by atoms with Gasteiger partial charge in [-0.1, -0.05) is 15.9 Å². The maximum absolute atomic E-state index is 12.7. The van der Waals surface area contributed by atoms with Crippen LogP contribution < -0.4 is 4.90 Å². The first-order chi connectivity index (χ1) is 9.85. The van der Waals surface area contributed by atoms with Crippen molar-refractivity contribution in [3.05, 3.63) is 22.7 Å². The van der Waals surface area contributed by atoms with Gasteiger partial charge in [0, 0.05) is 11.0 Å². The second-order valence-electron chi connectivity index (χ2n) is 6.94. The van der Waals surface area contributed by atoms with E-state index in [1.165, 1.54) is 11.0 Å². The summed E-state index contributed by atoms with van der Waals surface area (Å²) in [5.74, 6) is 0. The lowest BCUT2D eigenvalue weighted by atomic mass is 10.1. The number of ether oxygens (including phenoxy) is 1. The number of nitrogens with zero attached hydrogens (tertiary/aromatic N) is 1. The van der Waals surface area contributed by atoms with Crippen LogP contribution in [0.1, 0.15) is 34.6 Å². The van der Waals surface area contributed by atoms with E-state index in [-0.39, 0.29) is 11.4 Å². The number of amides is 1. The molecule has 122 valence electrons. The van der Waals surface area contributed by atoms with Gasteiger partial charge in [0.15, 0.2) is 9.84 Å². The van der Waals surface area contributed by atoms with Gasteiger partial charge in [-0.3, -0.25) is 4.90 Å². The number of rotatable bonds is 0. The zero-order chi connectivity index (χ0) is 16.9. The summed E-state index contributed by atoms with van der Waals surface area (Å²) in [7, 11) is -3.53. The van der Waals surface area contributed by atoms with E-state index < -0.39 is 26.3 Å². The van der Waals surface area contributed by atoms with E-state index in [1.54, 1.807) is 46.8 Å². The number of halogens is 1. The molecule has 7 heteroatoms. The highest BCUT2D eigenvalue weighted by molar-refractivity contribution is 9.10. The van der Waals surface area contributed by atoms with E-state index in [2.05, 4.69) is 15.9 Å². The molecule has 0 unspecified atom stereocenters. The molecule has 1 heterocycles. The molecule has 1 amide bonds. The number of carbonyl (C=O) groups excluding carboxylic acids is 1. The number of anilines is 1. The lowest BCUT2D eigenvalue weighted by Gasteiger charge is -2.39. The van der Waals surface area contributed by atoms with Gasteiger partial charge in [-0.05, 0) is 52.8 Å². The van der Waals surface area contributed by atoms with Gasteiger partial charge in [0.05, 0.1) is 15.3 Å². The van der Waals surface area contributed by atoms with Gasteiger partial charge in [0.2, 0.25) is 0 Å². The molecule has 0 spiro atoms. The van der Waals surface area contributed by atoms with Crippen molar-refractivity contribution < 1.29 is 17.9 Å². The minimum Gasteiger partial charge on any atom is -0.443 e. The molecule has 0 bridgehead atoms. The number of hydrogen-bond donors (Lipinski definition) is 0. The molecule has 1 aromatic carbocycles. The van der Waals surface area contributed by atoms with Crippen molar-refractivity contribution in [2.45, 2.75) is 49.9 Å². The smallest absolute Gasteiger partial charge is 0.414 e. The second kappa shape index (κ2) is 5.23. The van der Waals surface area contributed by atoms with Crippen LogP contribution in [0.2, 0.25) is 0 Å². The van der Waals surface area contributed by atoms with E-state index in [4.69, 9.17) is 4.74 Å². The van der Waals surface area contributed by atoms with E-state index >= 15 is 0 Å². The van der Waals surface area contributed by atoms with Gasteiger partial charge < -0.3 is 4.74 Å². The van der Waals surface area contributed by atoms with E-state index in [9.17, 15) is 13.2 Å². The highest BCUT2D eigenvalue weighted by Crippen LogP contribution is 2.41. The summed E-state index contributed by atoms with van der Waals surface area (Å²) in [5.41, 5.74) is -0.288. The standard InChI is InChI=1S/C15H20BrNO4S/c1-14(2,3)21-13(18)17-9-15(4,5)22(19,20)12-8-10(16)6-7-11(12)17/h6-8H,9H2,1-5H3. The Hall–Kier alpha value is -1.08. The van der Waals surface area contributed by atoms with Gasteiger partial charge in [-0.25, -0.2) is 13.2 Å². The number of sulfone groups is 1. The van der Waals surface area contributed by atoms with Crippen molar-refractivity contribution in [3.8, 4) is 0 Å². The second-order valence-corrected chi connectivity index (χ2v) is 10.4. The summed E-state index contributed by atoms with van der Waals surface area (Å²) >= 11 is 3.29. The first-order valence-electron chi connectivity index (χ1n) is 6.90. The van der Waals surface area contributed by atoms with Crippen molar-refractivity contribution in [2.24, 2.45) is 0 Å². The predicted octanol–water partition coefficient (Wildman–Crippen LogP) is 3.76. The Labute approximate surface area is 139 Å². The Morgan fingerprint density at radius 1 is 1.32 bits per heavy atom. The highest BCUT2D eigenvalue weighted by Gasteiger charge is 2.46. The van der Waals surface area contributed by atoms with E-state index in [1.807, 2.05) is 0 Å². The quantitative estimate of drug-likeness (QED) is 0.677. The monoisotopic (exact) mass is 389 g/mol. The third-order valence-electron chi connectivity index (χ3n) is 3.38.